The van der Waals surface area contributed by atoms with Gasteiger partial charge >= 0.3 is 0 Å². The van der Waals surface area contributed by atoms with Gasteiger partial charge in [0.15, 0.2) is 0 Å². The summed E-state index contributed by atoms with van der Waals surface area (Å²) >= 11 is 0. The van der Waals surface area contributed by atoms with Gasteiger partial charge in [0.05, 0.1) is 13.2 Å². The number of rotatable bonds is 8. The van der Waals surface area contributed by atoms with Gasteiger partial charge in [0.2, 0.25) is 0 Å². The lowest BCUT2D eigenvalue weighted by Gasteiger charge is -2.23. The molecule has 0 radical (unpaired) electrons. The van der Waals surface area contributed by atoms with Crippen molar-refractivity contribution < 1.29 is 9.84 Å². The second kappa shape index (κ2) is 9.09. The zero-order valence-electron chi connectivity index (χ0n) is 9.50. The van der Waals surface area contributed by atoms with Crippen molar-refractivity contribution >= 4 is 0 Å². The van der Waals surface area contributed by atoms with Crippen molar-refractivity contribution in [2.75, 3.05) is 39.5 Å². The molecule has 1 saturated heterocycles. The van der Waals surface area contributed by atoms with E-state index in [1.54, 1.807) is 0 Å². The van der Waals surface area contributed by atoms with Crippen molar-refractivity contribution in [3.05, 3.63) is 0 Å². The Morgan fingerprint density at radius 1 is 1.33 bits per heavy atom. The average Bonchev–Trinajstić information content (AvgIpc) is 2.29. The fraction of sp³-hybridized carbons (Fsp3) is 1.00. The van der Waals surface area contributed by atoms with Crippen molar-refractivity contribution in [3.63, 3.8) is 0 Å². The summed E-state index contributed by atoms with van der Waals surface area (Å²) in [6, 6.07) is 0.664. The predicted octanol–water partition coefficient (Wildman–Crippen LogP) is 0.117. The van der Waals surface area contributed by atoms with Gasteiger partial charge in [-0.1, -0.05) is 6.42 Å². The summed E-state index contributed by atoms with van der Waals surface area (Å²) in [7, 11) is 0. The SMILES string of the molecule is OCCOCCCNCC1CCCCN1. The summed E-state index contributed by atoms with van der Waals surface area (Å²) in [5, 5.41) is 15.4. The number of nitrogens with one attached hydrogen (secondary N) is 2. The van der Waals surface area contributed by atoms with Crippen molar-refractivity contribution in [2.24, 2.45) is 0 Å². The van der Waals surface area contributed by atoms with Gasteiger partial charge in [-0.05, 0) is 32.4 Å². The minimum atomic E-state index is 0.124. The van der Waals surface area contributed by atoms with Crippen LogP contribution in [0.15, 0.2) is 0 Å². The first-order chi connectivity index (χ1) is 7.43. The van der Waals surface area contributed by atoms with Crippen molar-refractivity contribution in [2.45, 2.75) is 31.7 Å². The minimum Gasteiger partial charge on any atom is -0.394 e. The molecule has 0 spiro atoms. The van der Waals surface area contributed by atoms with Crippen LogP contribution in [-0.4, -0.2) is 50.6 Å². The second-order valence-electron chi connectivity index (χ2n) is 4.04. The number of hydrogen-bond donors (Lipinski definition) is 3. The van der Waals surface area contributed by atoms with E-state index in [9.17, 15) is 0 Å². The Bertz CT molecular complexity index is 139. The molecule has 0 bridgehead atoms. The summed E-state index contributed by atoms with van der Waals surface area (Å²) in [6.07, 6.45) is 5.01. The van der Waals surface area contributed by atoms with E-state index in [1.807, 2.05) is 0 Å². The quantitative estimate of drug-likeness (QED) is 0.504. The average molecular weight is 216 g/mol. The highest BCUT2D eigenvalue weighted by atomic mass is 16.5. The van der Waals surface area contributed by atoms with Crippen LogP contribution in [0.1, 0.15) is 25.7 Å². The first-order valence-corrected chi connectivity index (χ1v) is 6.06. The van der Waals surface area contributed by atoms with Crippen molar-refractivity contribution in [3.8, 4) is 0 Å². The van der Waals surface area contributed by atoms with Crippen LogP contribution in [-0.2, 0) is 4.74 Å². The van der Waals surface area contributed by atoms with E-state index in [4.69, 9.17) is 9.84 Å². The topological polar surface area (TPSA) is 53.5 Å². The molecule has 0 saturated carbocycles. The lowest BCUT2D eigenvalue weighted by atomic mass is 10.1. The van der Waals surface area contributed by atoms with Crippen molar-refractivity contribution in [1.29, 1.82) is 0 Å². The number of ether oxygens (including phenoxy) is 1. The van der Waals surface area contributed by atoms with Gasteiger partial charge in [0, 0.05) is 19.2 Å². The van der Waals surface area contributed by atoms with Crippen LogP contribution >= 0.6 is 0 Å². The van der Waals surface area contributed by atoms with Crippen molar-refractivity contribution in [1.82, 2.24) is 10.6 Å². The van der Waals surface area contributed by atoms with Crippen LogP contribution in [0, 0.1) is 0 Å². The highest BCUT2D eigenvalue weighted by Crippen LogP contribution is 2.05. The maximum absolute atomic E-state index is 8.49. The maximum atomic E-state index is 8.49. The van der Waals surface area contributed by atoms with Gasteiger partial charge < -0.3 is 20.5 Å². The number of aliphatic hydroxyl groups excluding tert-OH is 1. The molecular weight excluding hydrogens is 192 g/mol. The molecule has 1 fully saturated rings. The smallest absolute Gasteiger partial charge is 0.0697 e. The fourth-order valence-electron chi connectivity index (χ4n) is 1.84. The Kier molecular flexibility index (Phi) is 7.83. The number of hydrogen-bond acceptors (Lipinski definition) is 4. The van der Waals surface area contributed by atoms with E-state index in [1.165, 1.54) is 25.8 Å². The number of piperidine rings is 1. The first kappa shape index (κ1) is 12.9. The molecule has 0 aromatic rings. The Balaban J connectivity index is 1.79. The molecule has 90 valence electrons. The lowest BCUT2D eigenvalue weighted by molar-refractivity contribution is 0.0906. The Labute approximate surface area is 92.4 Å². The molecular formula is C11H24N2O2. The Hall–Kier alpha value is -0.160. The maximum Gasteiger partial charge on any atom is 0.0697 e. The molecule has 1 atom stereocenters. The van der Waals surface area contributed by atoms with Crippen LogP contribution in [0.4, 0.5) is 0 Å². The molecule has 3 N–H and O–H groups in total. The summed E-state index contributed by atoms with van der Waals surface area (Å²) in [5.41, 5.74) is 0. The molecule has 1 aliphatic rings. The largest absolute Gasteiger partial charge is 0.394 e. The van der Waals surface area contributed by atoms with Crippen LogP contribution < -0.4 is 10.6 Å². The first-order valence-electron chi connectivity index (χ1n) is 6.06. The van der Waals surface area contributed by atoms with E-state index >= 15 is 0 Å². The highest BCUT2D eigenvalue weighted by molar-refractivity contribution is 4.73. The minimum absolute atomic E-state index is 0.124. The van der Waals surface area contributed by atoms with Gasteiger partial charge in [-0.2, -0.15) is 0 Å². The van der Waals surface area contributed by atoms with Gasteiger partial charge in [0.25, 0.3) is 0 Å². The Morgan fingerprint density at radius 2 is 2.27 bits per heavy atom. The molecule has 0 aromatic carbocycles. The monoisotopic (exact) mass is 216 g/mol. The molecule has 4 nitrogen and oxygen atoms in total. The third kappa shape index (κ3) is 6.84. The van der Waals surface area contributed by atoms with Crippen LogP contribution in [0.5, 0.6) is 0 Å². The normalized spacial score (nSPS) is 21.8. The van der Waals surface area contributed by atoms with Crippen LogP contribution in [0.25, 0.3) is 0 Å². The molecule has 1 unspecified atom stereocenters. The van der Waals surface area contributed by atoms with Gasteiger partial charge in [-0.15, -0.1) is 0 Å². The zero-order chi connectivity index (χ0) is 10.8. The predicted molar refractivity (Wildman–Crippen MR) is 61.0 cm³/mol. The number of aliphatic hydroxyl groups is 1. The molecule has 1 rings (SSSR count). The van der Waals surface area contributed by atoms with Gasteiger partial charge in [-0.25, -0.2) is 0 Å². The van der Waals surface area contributed by atoms with E-state index in [0.717, 1.165) is 26.1 Å². The molecule has 0 aromatic heterocycles. The fourth-order valence-corrected chi connectivity index (χ4v) is 1.84. The summed E-state index contributed by atoms with van der Waals surface area (Å²) < 4.78 is 5.17. The van der Waals surface area contributed by atoms with Gasteiger partial charge in [0.1, 0.15) is 0 Å². The van der Waals surface area contributed by atoms with Crippen LogP contribution in [0.2, 0.25) is 0 Å². The third-order valence-electron chi connectivity index (χ3n) is 2.68. The van der Waals surface area contributed by atoms with E-state index < -0.39 is 0 Å². The summed E-state index contributed by atoms with van der Waals surface area (Å²) in [4.78, 5) is 0. The summed E-state index contributed by atoms with van der Waals surface area (Å²) in [5.74, 6) is 0. The van der Waals surface area contributed by atoms with Gasteiger partial charge in [-0.3, -0.25) is 0 Å². The molecule has 1 heterocycles. The van der Waals surface area contributed by atoms with E-state index in [0.29, 0.717) is 12.6 Å². The highest BCUT2D eigenvalue weighted by Gasteiger charge is 2.10. The zero-order valence-corrected chi connectivity index (χ0v) is 9.50. The molecule has 1 aliphatic heterocycles. The molecule has 0 amide bonds. The summed E-state index contributed by atoms with van der Waals surface area (Å²) in [6.45, 7) is 4.57. The lowest BCUT2D eigenvalue weighted by Crippen LogP contribution is -2.42. The standard InChI is InChI=1S/C11H24N2O2/c14-7-9-15-8-3-5-12-10-11-4-1-2-6-13-11/h11-14H,1-10H2. The van der Waals surface area contributed by atoms with E-state index in [-0.39, 0.29) is 6.61 Å². The third-order valence-corrected chi connectivity index (χ3v) is 2.68. The van der Waals surface area contributed by atoms with Crippen LogP contribution in [0.3, 0.4) is 0 Å². The second-order valence-corrected chi connectivity index (χ2v) is 4.04. The molecule has 0 aliphatic carbocycles. The Morgan fingerprint density at radius 3 is 3.00 bits per heavy atom. The molecule has 4 heteroatoms. The van der Waals surface area contributed by atoms with E-state index in [2.05, 4.69) is 10.6 Å². The molecule has 15 heavy (non-hydrogen) atoms.